The molecule has 1 aliphatic heterocycles. The molecule has 2 nitrogen and oxygen atoms in total. The number of hydrogen-bond donors (Lipinski definition) is 1. The minimum Gasteiger partial charge on any atom is -0.393 e. The second-order valence-electron chi connectivity index (χ2n) is 4.43. The highest BCUT2D eigenvalue weighted by atomic mass is 32.1. The zero-order valence-corrected chi connectivity index (χ0v) is 10.5. The molecule has 0 bridgehead atoms. The van der Waals surface area contributed by atoms with E-state index in [2.05, 4.69) is 36.1 Å². The summed E-state index contributed by atoms with van der Waals surface area (Å²) in [7, 11) is 0. The van der Waals surface area contributed by atoms with E-state index in [4.69, 9.17) is 18.0 Å². The van der Waals surface area contributed by atoms with Gasteiger partial charge in [0, 0.05) is 24.7 Å². The van der Waals surface area contributed by atoms with Crippen LogP contribution >= 0.6 is 12.2 Å². The molecule has 16 heavy (non-hydrogen) atoms. The van der Waals surface area contributed by atoms with E-state index in [1.807, 2.05) is 0 Å². The van der Waals surface area contributed by atoms with Gasteiger partial charge in [-0.15, -0.1) is 0 Å². The molecule has 0 radical (unpaired) electrons. The number of nitrogens with two attached hydrogens (primary N) is 1. The summed E-state index contributed by atoms with van der Waals surface area (Å²) in [6, 6.07) is 9.22. The highest BCUT2D eigenvalue weighted by Crippen LogP contribution is 2.30. The van der Waals surface area contributed by atoms with Crippen LogP contribution in [0.25, 0.3) is 0 Å². The maximum Gasteiger partial charge on any atom is 0.0745 e. The van der Waals surface area contributed by atoms with Gasteiger partial charge in [-0.2, -0.15) is 0 Å². The number of thiocarbonyl (C=S) groups is 1. The molecule has 1 heterocycles. The molecule has 1 unspecified atom stereocenters. The summed E-state index contributed by atoms with van der Waals surface area (Å²) >= 11 is 4.95. The van der Waals surface area contributed by atoms with Gasteiger partial charge < -0.3 is 10.6 Å². The summed E-state index contributed by atoms with van der Waals surface area (Å²) in [5.41, 5.74) is 8.39. The van der Waals surface area contributed by atoms with Crippen LogP contribution in [0, 0.1) is 0 Å². The third-order valence-corrected chi connectivity index (χ3v) is 3.47. The van der Waals surface area contributed by atoms with Crippen molar-refractivity contribution in [3.8, 4) is 0 Å². The fourth-order valence-corrected chi connectivity index (χ4v) is 2.42. The lowest BCUT2D eigenvalue weighted by atomic mass is 9.96. The van der Waals surface area contributed by atoms with E-state index in [-0.39, 0.29) is 0 Å². The van der Waals surface area contributed by atoms with Crippen LogP contribution in [0.1, 0.15) is 25.3 Å². The van der Waals surface area contributed by atoms with E-state index < -0.39 is 0 Å². The van der Waals surface area contributed by atoms with Gasteiger partial charge in [-0.1, -0.05) is 30.4 Å². The van der Waals surface area contributed by atoms with Crippen molar-refractivity contribution in [3.63, 3.8) is 0 Å². The van der Waals surface area contributed by atoms with Crippen molar-refractivity contribution in [1.29, 1.82) is 0 Å². The lowest BCUT2D eigenvalue weighted by molar-refractivity contribution is 0.567. The van der Waals surface area contributed by atoms with Crippen LogP contribution in [-0.4, -0.2) is 17.6 Å². The molecule has 1 aliphatic rings. The van der Waals surface area contributed by atoms with Crippen molar-refractivity contribution in [2.45, 2.75) is 32.2 Å². The van der Waals surface area contributed by atoms with Crippen LogP contribution in [-0.2, 0) is 6.42 Å². The molecule has 1 aromatic rings. The van der Waals surface area contributed by atoms with Crippen molar-refractivity contribution in [3.05, 3.63) is 29.8 Å². The summed E-state index contributed by atoms with van der Waals surface area (Å²) in [5, 5.41) is 0. The van der Waals surface area contributed by atoms with E-state index in [1.165, 1.54) is 24.1 Å². The van der Waals surface area contributed by atoms with Crippen LogP contribution in [0.3, 0.4) is 0 Å². The number of hydrogen-bond acceptors (Lipinski definition) is 2. The Kier molecular flexibility index (Phi) is 3.44. The topological polar surface area (TPSA) is 29.3 Å². The van der Waals surface area contributed by atoms with Crippen molar-refractivity contribution in [1.82, 2.24) is 0 Å². The summed E-state index contributed by atoms with van der Waals surface area (Å²) < 4.78 is 0. The summed E-state index contributed by atoms with van der Waals surface area (Å²) in [4.78, 5) is 3.04. The molecule has 0 spiro atoms. The van der Waals surface area contributed by atoms with Crippen molar-refractivity contribution < 1.29 is 0 Å². The fourth-order valence-electron chi connectivity index (χ4n) is 2.33. The predicted molar refractivity (Wildman–Crippen MR) is 73.0 cm³/mol. The van der Waals surface area contributed by atoms with Gasteiger partial charge in [0.25, 0.3) is 0 Å². The smallest absolute Gasteiger partial charge is 0.0745 e. The molecule has 2 N–H and O–H groups in total. The molecular weight excluding hydrogens is 216 g/mol. The third kappa shape index (κ3) is 2.35. The van der Waals surface area contributed by atoms with Crippen molar-refractivity contribution in [2.24, 2.45) is 5.73 Å². The molecular formula is C13H18N2S. The Hall–Kier alpha value is -1.09. The first-order chi connectivity index (χ1) is 7.68. The largest absolute Gasteiger partial charge is 0.393 e. The number of para-hydroxylation sites is 1. The number of anilines is 1. The van der Waals surface area contributed by atoms with Crippen molar-refractivity contribution >= 4 is 22.9 Å². The number of nitrogens with zero attached hydrogens (tertiary/aromatic N) is 1. The zero-order chi connectivity index (χ0) is 11.5. The highest BCUT2D eigenvalue weighted by Gasteiger charge is 2.21. The molecule has 0 amide bonds. The summed E-state index contributed by atoms with van der Waals surface area (Å²) in [5.74, 6) is 0. The minimum atomic E-state index is 0.587. The van der Waals surface area contributed by atoms with Gasteiger partial charge in [0.1, 0.15) is 0 Å². The second-order valence-corrected chi connectivity index (χ2v) is 4.95. The van der Waals surface area contributed by atoms with Gasteiger partial charge in [0.15, 0.2) is 0 Å². The van der Waals surface area contributed by atoms with Crippen LogP contribution in [0.2, 0.25) is 0 Å². The normalized spacial score (nSPS) is 19.3. The fraction of sp³-hybridized carbons (Fsp3) is 0.462. The lowest BCUT2D eigenvalue weighted by Crippen LogP contribution is -2.39. The monoisotopic (exact) mass is 234 g/mol. The second kappa shape index (κ2) is 4.83. The van der Waals surface area contributed by atoms with E-state index in [0.717, 1.165) is 13.0 Å². The average molecular weight is 234 g/mol. The Morgan fingerprint density at radius 1 is 1.50 bits per heavy atom. The Labute approximate surface area is 102 Å². The van der Waals surface area contributed by atoms with Gasteiger partial charge in [0.2, 0.25) is 0 Å². The van der Waals surface area contributed by atoms with Crippen LogP contribution in [0.5, 0.6) is 0 Å². The molecule has 0 saturated carbocycles. The zero-order valence-electron chi connectivity index (χ0n) is 9.65. The van der Waals surface area contributed by atoms with Gasteiger partial charge in [-0.05, 0) is 31.4 Å². The van der Waals surface area contributed by atoms with Gasteiger partial charge >= 0.3 is 0 Å². The van der Waals surface area contributed by atoms with E-state index in [1.54, 1.807) is 0 Å². The number of rotatable bonds is 3. The Balaban J connectivity index is 2.19. The van der Waals surface area contributed by atoms with E-state index in [0.29, 0.717) is 11.0 Å². The average Bonchev–Trinajstić information content (AvgIpc) is 2.27. The molecule has 1 atom stereocenters. The lowest BCUT2D eigenvalue weighted by Gasteiger charge is -2.37. The number of benzene rings is 1. The molecule has 0 saturated heterocycles. The minimum absolute atomic E-state index is 0.587. The molecule has 2 rings (SSSR count). The van der Waals surface area contributed by atoms with E-state index in [9.17, 15) is 0 Å². The molecule has 0 aliphatic carbocycles. The Morgan fingerprint density at radius 3 is 3.00 bits per heavy atom. The van der Waals surface area contributed by atoms with Crippen molar-refractivity contribution in [2.75, 3.05) is 11.4 Å². The van der Waals surface area contributed by atoms with Gasteiger partial charge in [-0.3, -0.25) is 0 Å². The van der Waals surface area contributed by atoms with Gasteiger partial charge in [-0.25, -0.2) is 0 Å². The first-order valence-electron chi connectivity index (χ1n) is 5.81. The molecule has 3 heteroatoms. The Morgan fingerprint density at radius 2 is 2.25 bits per heavy atom. The van der Waals surface area contributed by atoms with Crippen LogP contribution < -0.4 is 10.6 Å². The first kappa shape index (κ1) is 11.4. The van der Waals surface area contributed by atoms with Gasteiger partial charge in [0.05, 0.1) is 4.99 Å². The third-order valence-electron chi connectivity index (χ3n) is 3.26. The molecule has 86 valence electrons. The maximum atomic E-state index is 5.58. The molecule has 1 aromatic carbocycles. The quantitative estimate of drug-likeness (QED) is 0.815. The summed E-state index contributed by atoms with van der Waals surface area (Å²) in [6.45, 7) is 3.21. The maximum absolute atomic E-state index is 5.58. The first-order valence-corrected chi connectivity index (χ1v) is 6.22. The number of aryl methyl sites for hydroxylation is 1. The van der Waals surface area contributed by atoms with Crippen LogP contribution in [0.15, 0.2) is 24.3 Å². The van der Waals surface area contributed by atoms with Crippen LogP contribution in [0.4, 0.5) is 5.69 Å². The highest BCUT2D eigenvalue weighted by molar-refractivity contribution is 7.80. The van der Waals surface area contributed by atoms with E-state index >= 15 is 0 Å². The number of fused-ring (bicyclic) bond motifs is 1. The summed E-state index contributed by atoms with van der Waals surface area (Å²) in [6.07, 6.45) is 3.20. The Bertz CT molecular complexity index is 389. The molecule has 0 fully saturated rings. The SMILES string of the molecule is CC1CCc2ccccc2N1CCC(N)=S. The predicted octanol–water partition coefficient (Wildman–Crippen LogP) is 2.50. The molecule has 0 aromatic heterocycles. The standard InChI is InChI=1S/C13H18N2S/c1-10-6-7-11-4-2-3-5-12(11)15(10)9-8-13(14)16/h2-5,10H,6-9H2,1H3,(H2,14,16).